The Balaban J connectivity index is 3.19. The Labute approximate surface area is 128 Å². The summed E-state index contributed by atoms with van der Waals surface area (Å²) in [6.45, 7) is 7.75. The van der Waals surface area contributed by atoms with E-state index in [4.69, 9.17) is 11.5 Å². The second kappa shape index (κ2) is 12.6. The largest absolute Gasteiger partial charge is 0.330 e. The van der Waals surface area contributed by atoms with Crippen molar-refractivity contribution < 1.29 is 0 Å². The van der Waals surface area contributed by atoms with Gasteiger partial charge in [0, 0.05) is 6.04 Å². The molecule has 0 rings (SSSR count). The molecule has 0 heterocycles. The second-order valence-electron chi connectivity index (χ2n) is 7.62. The van der Waals surface area contributed by atoms with E-state index < -0.39 is 0 Å². The first kappa shape index (κ1) is 19.9. The summed E-state index contributed by atoms with van der Waals surface area (Å²) in [4.78, 5) is 0. The highest BCUT2D eigenvalue weighted by Crippen LogP contribution is 2.22. The van der Waals surface area contributed by atoms with Gasteiger partial charge in [-0.25, -0.2) is 0 Å². The average Bonchev–Trinajstić information content (AvgIpc) is 2.38. The van der Waals surface area contributed by atoms with Crippen LogP contribution in [0.2, 0.25) is 0 Å². The molecule has 0 amide bonds. The fourth-order valence-corrected chi connectivity index (χ4v) is 2.55. The molecule has 1 unspecified atom stereocenters. The molecule has 0 saturated carbocycles. The van der Waals surface area contributed by atoms with Gasteiger partial charge in [0.2, 0.25) is 0 Å². The zero-order valence-corrected chi connectivity index (χ0v) is 14.4. The molecule has 2 heteroatoms. The van der Waals surface area contributed by atoms with Crippen molar-refractivity contribution in [2.24, 2.45) is 16.9 Å². The molecule has 0 fully saturated rings. The normalized spacial score (nSPS) is 13.7. The highest BCUT2D eigenvalue weighted by molar-refractivity contribution is 4.68. The summed E-state index contributed by atoms with van der Waals surface area (Å²) in [5, 5.41) is 0. The van der Waals surface area contributed by atoms with Crippen LogP contribution in [0, 0.1) is 5.41 Å². The van der Waals surface area contributed by atoms with Gasteiger partial charge in [-0.15, -0.1) is 0 Å². The Morgan fingerprint density at radius 1 is 0.700 bits per heavy atom. The Morgan fingerprint density at radius 2 is 1.15 bits per heavy atom. The number of rotatable bonds is 13. The highest BCUT2D eigenvalue weighted by Gasteiger charge is 2.12. The summed E-state index contributed by atoms with van der Waals surface area (Å²) in [7, 11) is 0. The van der Waals surface area contributed by atoms with Crippen LogP contribution < -0.4 is 11.5 Å². The molecule has 0 bridgehead atoms. The van der Waals surface area contributed by atoms with Crippen LogP contribution in [0.5, 0.6) is 0 Å². The molecule has 0 aromatic carbocycles. The van der Waals surface area contributed by atoms with Crippen molar-refractivity contribution in [3.8, 4) is 0 Å². The van der Waals surface area contributed by atoms with Gasteiger partial charge in [0.25, 0.3) is 0 Å². The maximum absolute atomic E-state index is 6.18. The third-order valence-electron chi connectivity index (χ3n) is 4.04. The van der Waals surface area contributed by atoms with Crippen LogP contribution in [-0.4, -0.2) is 12.6 Å². The van der Waals surface area contributed by atoms with Gasteiger partial charge in [-0.1, -0.05) is 72.1 Å². The Morgan fingerprint density at radius 3 is 1.60 bits per heavy atom. The van der Waals surface area contributed by atoms with Gasteiger partial charge in [0.1, 0.15) is 0 Å². The lowest BCUT2D eigenvalue weighted by Crippen LogP contribution is -2.22. The zero-order valence-electron chi connectivity index (χ0n) is 14.4. The van der Waals surface area contributed by atoms with E-state index in [2.05, 4.69) is 20.8 Å². The summed E-state index contributed by atoms with van der Waals surface area (Å²) in [5.41, 5.74) is 12.1. The Bertz CT molecular complexity index is 196. The molecule has 4 N–H and O–H groups in total. The van der Waals surface area contributed by atoms with E-state index in [1.165, 1.54) is 77.0 Å². The lowest BCUT2D eigenvalue weighted by Gasteiger charge is -2.20. The molecule has 0 saturated heterocycles. The maximum atomic E-state index is 6.18. The molecule has 1 atom stereocenters. The van der Waals surface area contributed by atoms with E-state index in [-0.39, 0.29) is 0 Å². The van der Waals surface area contributed by atoms with E-state index in [1.54, 1.807) is 0 Å². The van der Waals surface area contributed by atoms with Crippen molar-refractivity contribution in [1.82, 2.24) is 0 Å². The summed E-state index contributed by atoms with van der Waals surface area (Å²) in [6.07, 6.45) is 15.8. The monoisotopic (exact) mass is 284 g/mol. The van der Waals surface area contributed by atoms with Gasteiger partial charge in [0.15, 0.2) is 0 Å². The molecule has 122 valence electrons. The standard InChI is InChI=1S/C18H40N2/c1-18(2,3)15-14-17(20)13-11-9-7-5-4-6-8-10-12-16-19/h17H,4-16,19-20H2,1-3H3. The molecule has 2 nitrogen and oxygen atoms in total. The van der Waals surface area contributed by atoms with Crippen molar-refractivity contribution in [2.45, 2.75) is 104 Å². The Hall–Kier alpha value is -0.0800. The smallest absolute Gasteiger partial charge is 0.00390 e. The molecular formula is C18H40N2. The molecule has 0 aromatic heterocycles. The second-order valence-corrected chi connectivity index (χ2v) is 7.62. The van der Waals surface area contributed by atoms with Crippen molar-refractivity contribution >= 4 is 0 Å². The molecule has 0 spiro atoms. The van der Waals surface area contributed by atoms with E-state index in [1.807, 2.05) is 0 Å². The van der Waals surface area contributed by atoms with E-state index in [9.17, 15) is 0 Å². The Kier molecular flexibility index (Phi) is 12.6. The summed E-state index contributed by atoms with van der Waals surface area (Å²) in [6, 6.07) is 0.422. The van der Waals surface area contributed by atoms with Gasteiger partial charge in [-0.3, -0.25) is 0 Å². The number of nitrogens with two attached hydrogens (primary N) is 2. The molecule has 0 radical (unpaired) electrons. The summed E-state index contributed by atoms with van der Waals surface area (Å²) in [5.74, 6) is 0. The quantitative estimate of drug-likeness (QED) is 0.468. The average molecular weight is 285 g/mol. The minimum absolute atomic E-state index is 0.422. The van der Waals surface area contributed by atoms with Gasteiger partial charge in [0.05, 0.1) is 0 Å². The fraction of sp³-hybridized carbons (Fsp3) is 1.00. The van der Waals surface area contributed by atoms with E-state index >= 15 is 0 Å². The van der Waals surface area contributed by atoms with Crippen LogP contribution >= 0.6 is 0 Å². The van der Waals surface area contributed by atoms with Crippen LogP contribution in [0.25, 0.3) is 0 Å². The van der Waals surface area contributed by atoms with Crippen molar-refractivity contribution in [2.75, 3.05) is 6.54 Å². The van der Waals surface area contributed by atoms with Gasteiger partial charge in [-0.2, -0.15) is 0 Å². The first-order valence-corrected chi connectivity index (χ1v) is 8.91. The van der Waals surface area contributed by atoms with Crippen LogP contribution in [0.15, 0.2) is 0 Å². The topological polar surface area (TPSA) is 52.0 Å². The van der Waals surface area contributed by atoms with Gasteiger partial charge >= 0.3 is 0 Å². The molecule has 0 aliphatic heterocycles. The molecule has 20 heavy (non-hydrogen) atoms. The fourth-order valence-electron chi connectivity index (χ4n) is 2.55. The predicted octanol–water partition coefficient (Wildman–Crippen LogP) is 5.00. The van der Waals surface area contributed by atoms with Crippen LogP contribution in [0.1, 0.15) is 97.8 Å². The van der Waals surface area contributed by atoms with Crippen LogP contribution in [0.3, 0.4) is 0 Å². The highest BCUT2D eigenvalue weighted by atomic mass is 14.6. The van der Waals surface area contributed by atoms with Crippen molar-refractivity contribution in [3.63, 3.8) is 0 Å². The SMILES string of the molecule is CC(C)(C)CCC(N)CCCCCCCCCCCN. The number of unbranched alkanes of at least 4 members (excludes halogenated alkanes) is 8. The van der Waals surface area contributed by atoms with Crippen molar-refractivity contribution in [3.05, 3.63) is 0 Å². The first-order chi connectivity index (χ1) is 9.45. The third-order valence-corrected chi connectivity index (χ3v) is 4.04. The minimum atomic E-state index is 0.422. The summed E-state index contributed by atoms with van der Waals surface area (Å²) >= 11 is 0. The maximum Gasteiger partial charge on any atom is 0.00390 e. The molecule has 0 aliphatic carbocycles. The summed E-state index contributed by atoms with van der Waals surface area (Å²) < 4.78 is 0. The van der Waals surface area contributed by atoms with Crippen LogP contribution in [-0.2, 0) is 0 Å². The van der Waals surface area contributed by atoms with E-state index in [0.717, 1.165) is 6.54 Å². The van der Waals surface area contributed by atoms with Crippen molar-refractivity contribution in [1.29, 1.82) is 0 Å². The minimum Gasteiger partial charge on any atom is -0.330 e. The molecule has 0 aliphatic rings. The van der Waals surface area contributed by atoms with E-state index in [0.29, 0.717) is 11.5 Å². The number of hydrogen-bond acceptors (Lipinski definition) is 2. The molecular weight excluding hydrogens is 244 g/mol. The van der Waals surface area contributed by atoms with Gasteiger partial charge in [-0.05, 0) is 37.6 Å². The number of hydrogen-bond donors (Lipinski definition) is 2. The zero-order chi connectivity index (χ0) is 15.3. The van der Waals surface area contributed by atoms with Gasteiger partial charge < -0.3 is 11.5 Å². The molecule has 0 aromatic rings. The lowest BCUT2D eigenvalue weighted by molar-refractivity contribution is 0.340. The lowest BCUT2D eigenvalue weighted by atomic mass is 9.88. The van der Waals surface area contributed by atoms with Crippen LogP contribution in [0.4, 0.5) is 0 Å². The first-order valence-electron chi connectivity index (χ1n) is 8.91. The third kappa shape index (κ3) is 16.0. The predicted molar refractivity (Wildman–Crippen MR) is 91.9 cm³/mol.